The molecule has 18 heavy (non-hydrogen) atoms. The first-order valence-electron chi connectivity index (χ1n) is 6.79. The van der Waals surface area contributed by atoms with Crippen LogP contribution in [0.3, 0.4) is 0 Å². The van der Waals surface area contributed by atoms with E-state index < -0.39 is 0 Å². The first-order chi connectivity index (χ1) is 8.72. The Morgan fingerprint density at radius 2 is 1.89 bits per heavy atom. The van der Waals surface area contributed by atoms with Gasteiger partial charge >= 0.3 is 0 Å². The minimum atomic E-state index is 0.143. The molecule has 3 nitrogen and oxygen atoms in total. The molecule has 1 aromatic rings. The second-order valence-corrected chi connectivity index (χ2v) is 4.95. The molecule has 1 aliphatic heterocycles. The third kappa shape index (κ3) is 2.91. The number of rotatable bonds is 3. The van der Waals surface area contributed by atoms with E-state index in [0.717, 1.165) is 37.9 Å². The molecule has 0 bridgehead atoms. The lowest BCUT2D eigenvalue weighted by Gasteiger charge is -2.31. The number of piperidine rings is 1. The van der Waals surface area contributed by atoms with Gasteiger partial charge in [-0.2, -0.15) is 0 Å². The maximum Gasteiger partial charge on any atom is 0.253 e. The van der Waals surface area contributed by atoms with E-state index in [1.807, 2.05) is 36.2 Å². The number of amides is 1. The molecule has 0 spiro atoms. The Bertz CT molecular complexity index is 393. The van der Waals surface area contributed by atoms with Gasteiger partial charge in [0.25, 0.3) is 5.91 Å². The fourth-order valence-corrected chi connectivity index (χ4v) is 2.45. The second kappa shape index (κ2) is 6.01. The molecule has 3 heteroatoms. The van der Waals surface area contributed by atoms with E-state index in [4.69, 9.17) is 0 Å². The Hall–Kier alpha value is -1.35. The lowest BCUT2D eigenvalue weighted by atomic mass is 10.0. The Balaban J connectivity index is 2.04. The number of benzene rings is 1. The van der Waals surface area contributed by atoms with Gasteiger partial charge in [-0.1, -0.05) is 19.1 Å². The van der Waals surface area contributed by atoms with Crippen LogP contribution < -0.4 is 5.32 Å². The van der Waals surface area contributed by atoms with Crippen molar-refractivity contribution in [2.24, 2.45) is 0 Å². The van der Waals surface area contributed by atoms with Crippen molar-refractivity contribution in [2.45, 2.75) is 32.2 Å². The van der Waals surface area contributed by atoms with Crippen LogP contribution in [0.2, 0.25) is 0 Å². The number of nitrogens with zero attached hydrogens (tertiary/aromatic N) is 1. The average Bonchev–Trinajstić information content (AvgIpc) is 2.47. The van der Waals surface area contributed by atoms with Crippen LogP contribution in [0.4, 0.5) is 0 Å². The maximum atomic E-state index is 12.3. The number of carbonyl (C=O) groups excluding carboxylic acids is 1. The smallest absolute Gasteiger partial charge is 0.253 e. The molecule has 0 aliphatic carbocycles. The van der Waals surface area contributed by atoms with Crippen LogP contribution in [0.1, 0.15) is 35.7 Å². The van der Waals surface area contributed by atoms with Gasteiger partial charge < -0.3 is 10.2 Å². The van der Waals surface area contributed by atoms with Gasteiger partial charge in [0.15, 0.2) is 0 Å². The number of hydrogen-bond acceptors (Lipinski definition) is 2. The first-order valence-corrected chi connectivity index (χ1v) is 6.79. The molecule has 98 valence electrons. The summed E-state index contributed by atoms with van der Waals surface area (Å²) in [6.45, 7) is 4.14. The molecule has 0 unspecified atom stereocenters. The van der Waals surface area contributed by atoms with E-state index in [2.05, 4.69) is 12.2 Å². The Morgan fingerprint density at radius 1 is 1.28 bits per heavy atom. The lowest BCUT2D eigenvalue weighted by Crippen LogP contribution is -2.43. The number of aryl methyl sites for hydroxylation is 1. The van der Waals surface area contributed by atoms with Crippen molar-refractivity contribution in [3.8, 4) is 0 Å². The van der Waals surface area contributed by atoms with Gasteiger partial charge in [0.1, 0.15) is 0 Å². The monoisotopic (exact) mass is 246 g/mol. The minimum absolute atomic E-state index is 0.143. The highest BCUT2D eigenvalue weighted by Gasteiger charge is 2.22. The zero-order chi connectivity index (χ0) is 13.0. The number of nitrogens with one attached hydrogen (secondary N) is 1. The van der Waals surface area contributed by atoms with Gasteiger partial charge in [0.2, 0.25) is 0 Å². The molecule has 0 saturated carbocycles. The topological polar surface area (TPSA) is 32.3 Å². The summed E-state index contributed by atoms with van der Waals surface area (Å²) in [4.78, 5) is 14.3. The van der Waals surface area contributed by atoms with Crippen LogP contribution in [0, 0.1) is 0 Å². The molecule has 0 atom stereocenters. The Labute approximate surface area is 109 Å². The van der Waals surface area contributed by atoms with E-state index in [9.17, 15) is 4.79 Å². The molecule has 1 fully saturated rings. The van der Waals surface area contributed by atoms with Crippen molar-refractivity contribution in [3.63, 3.8) is 0 Å². The van der Waals surface area contributed by atoms with Crippen LogP contribution in [0.25, 0.3) is 0 Å². The van der Waals surface area contributed by atoms with Gasteiger partial charge in [-0.3, -0.25) is 4.79 Å². The SMILES string of the molecule is CCc1ccc(C(=O)N(C)C2CCNCC2)cc1. The summed E-state index contributed by atoms with van der Waals surface area (Å²) in [7, 11) is 1.92. The molecule has 1 saturated heterocycles. The fourth-order valence-electron chi connectivity index (χ4n) is 2.45. The van der Waals surface area contributed by atoms with Crippen LogP contribution in [0.15, 0.2) is 24.3 Å². The summed E-state index contributed by atoms with van der Waals surface area (Å²) in [6, 6.07) is 8.36. The zero-order valence-corrected chi connectivity index (χ0v) is 11.3. The van der Waals surface area contributed by atoms with Crippen molar-refractivity contribution in [1.29, 1.82) is 0 Å². The van der Waals surface area contributed by atoms with Gasteiger partial charge in [-0.05, 0) is 50.0 Å². The first kappa shape index (κ1) is 13.1. The van der Waals surface area contributed by atoms with E-state index in [1.165, 1.54) is 5.56 Å². The molecule has 1 N–H and O–H groups in total. The van der Waals surface area contributed by atoms with E-state index >= 15 is 0 Å². The zero-order valence-electron chi connectivity index (χ0n) is 11.3. The lowest BCUT2D eigenvalue weighted by molar-refractivity contribution is 0.0703. The maximum absolute atomic E-state index is 12.3. The highest BCUT2D eigenvalue weighted by molar-refractivity contribution is 5.94. The second-order valence-electron chi connectivity index (χ2n) is 4.95. The molecule has 1 heterocycles. The van der Waals surface area contributed by atoms with Crippen LogP contribution in [-0.2, 0) is 6.42 Å². The largest absolute Gasteiger partial charge is 0.339 e. The third-order valence-electron chi connectivity index (χ3n) is 3.79. The van der Waals surface area contributed by atoms with E-state index in [1.54, 1.807) is 0 Å². The molecule has 1 amide bonds. The number of hydrogen-bond donors (Lipinski definition) is 1. The highest BCUT2D eigenvalue weighted by Crippen LogP contribution is 2.14. The number of carbonyl (C=O) groups is 1. The summed E-state index contributed by atoms with van der Waals surface area (Å²) in [5.41, 5.74) is 2.07. The predicted octanol–water partition coefficient (Wildman–Crippen LogP) is 2.07. The van der Waals surface area contributed by atoms with Crippen LogP contribution >= 0.6 is 0 Å². The molecule has 0 aromatic heterocycles. The van der Waals surface area contributed by atoms with Crippen molar-refractivity contribution >= 4 is 5.91 Å². The van der Waals surface area contributed by atoms with E-state index in [0.29, 0.717) is 6.04 Å². The van der Waals surface area contributed by atoms with Crippen molar-refractivity contribution in [3.05, 3.63) is 35.4 Å². The fraction of sp³-hybridized carbons (Fsp3) is 0.533. The molecule has 1 aliphatic rings. The molecule has 0 radical (unpaired) electrons. The molecule has 1 aromatic carbocycles. The molecule has 2 rings (SSSR count). The quantitative estimate of drug-likeness (QED) is 0.885. The van der Waals surface area contributed by atoms with Gasteiger partial charge in [0.05, 0.1) is 0 Å². The van der Waals surface area contributed by atoms with Gasteiger partial charge in [-0.25, -0.2) is 0 Å². The summed E-state index contributed by atoms with van der Waals surface area (Å²) in [5.74, 6) is 0.143. The summed E-state index contributed by atoms with van der Waals surface area (Å²) >= 11 is 0. The molecular formula is C15H22N2O. The minimum Gasteiger partial charge on any atom is -0.339 e. The van der Waals surface area contributed by atoms with Crippen molar-refractivity contribution < 1.29 is 4.79 Å². The van der Waals surface area contributed by atoms with Gasteiger partial charge in [0, 0.05) is 18.7 Å². The summed E-state index contributed by atoms with van der Waals surface area (Å²) in [6.07, 6.45) is 3.11. The summed E-state index contributed by atoms with van der Waals surface area (Å²) in [5, 5.41) is 3.33. The van der Waals surface area contributed by atoms with E-state index in [-0.39, 0.29) is 5.91 Å². The summed E-state index contributed by atoms with van der Waals surface area (Å²) < 4.78 is 0. The Morgan fingerprint density at radius 3 is 2.44 bits per heavy atom. The van der Waals surface area contributed by atoms with Gasteiger partial charge in [-0.15, -0.1) is 0 Å². The normalized spacial score (nSPS) is 16.6. The third-order valence-corrected chi connectivity index (χ3v) is 3.79. The predicted molar refractivity (Wildman–Crippen MR) is 73.8 cm³/mol. The Kier molecular flexibility index (Phi) is 4.37. The van der Waals surface area contributed by atoms with Crippen LogP contribution in [-0.4, -0.2) is 37.0 Å². The average molecular weight is 246 g/mol. The van der Waals surface area contributed by atoms with Crippen molar-refractivity contribution in [2.75, 3.05) is 20.1 Å². The van der Waals surface area contributed by atoms with Crippen LogP contribution in [0.5, 0.6) is 0 Å². The molecular weight excluding hydrogens is 224 g/mol. The van der Waals surface area contributed by atoms with Crippen molar-refractivity contribution in [1.82, 2.24) is 10.2 Å². The standard InChI is InChI=1S/C15H22N2O/c1-3-12-4-6-13(7-5-12)15(18)17(2)14-8-10-16-11-9-14/h4-7,14,16H,3,8-11H2,1-2H3. The highest BCUT2D eigenvalue weighted by atomic mass is 16.2.